The monoisotopic (exact) mass is 385 g/mol. The minimum atomic E-state index is 1.13. The molecular formula is C20H24BrN3+2. The molecule has 1 aliphatic rings. The summed E-state index contributed by atoms with van der Waals surface area (Å²) in [7, 11) is 0. The first-order valence-electron chi connectivity index (χ1n) is 8.74. The van der Waals surface area contributed by atoms with Crippen molar-refractivity contribution in [1.82, 2.24) is 4.98 Å². The molecule has 0 amide bonds. The summed E-state index contributed by atoms with van der Waals surface area (Å²) < 4.78 is 1.16. The van der Waals surface area contributed by atoms with Gasteiger partial charge in [-0.1, -0.05) is 46.3 Å². The van der Waals surface area contributed by atoms with E-state index in [1.165, 1.54) is 48.2 Å². The van der Waals surface area contributed by atoms with Gasteiger partial charge in [-0.2, -0.15) is 0 Å². The molecule has 0 saturated carbocycles. The molecule has 3 nitrogen and oxygen atoms in total. The third-order valence-electron chi connectivity index (χ3n) is 5.15. The van der Waals surface area contributed by atoms with Crippen LogP contribution in [0.25, 0.3) is 10.9 Å². The van der Waals surface area contributed by atoms with Gasteiger partial charge in [0.25, 0.3) is 0 Å². The van der Waals surface area contributed by atoms with E-state index in [4.69, 9.17) is 0 Å². The van der Waals surface area contributed by atoms with Crippen LogP contribution in [0.3, 0.4) is 0 Å². The van der Waals surface area contributed by atoms with E-state index in [2.05, 4.69) is 75.6 Å². The van der Waals surface area contributed by atoms with E-state index in [1.54, 1.807) is 9.80 Å². The number of hydrogen-bond acceptors (Lipinski definition) is 0. The summed E-state index contributed by atoms with van der Waals surface area (Å²) in [4.78, 5) is 6.82. The van der Waals surface area contributed by atoms with Crippen LogP contribution in [0.4, 0.5) is 0 Å². The molecule has 0 unspecified atom stereocenters. The molecule has 0 bridgehead atoms. The number of fused-ring (bicyclic) bond motifs is 1. The second-order valence-electron chi connectivity index (χ2n) is 6.84. The normalized spacial score (nSPS) is 21.2. The molecule has 1 fully saturated rings. The van der Waals surface area contributed by atoms with Gasteiger partial charge in [-0.3, -0.25) is 0 Å². The van der Waals surface area contributed by atoms with Crippen molar-refractivity contribution in [2.75, 3.05) is 26.2 Å². The van der Waals surface area contributed by atoms with Crippen molar-refractivity contribution in [2.24, 2.45) is 0 Å². The van der Waals surface area contributed by atoms with Crippen LogP contribution >= 0.6 is 15.9 Å². The van der Waals surface area contributed by atoms with E-state index in [1.807, 2.05) is 0 Å². The molecule has 3 aromatic rings. The standard InChI is InChI=1S/C20H22BrN3/c21-18-7-5-16(6-8-18)14-23-9-11-24(12-10-23)15-17-13-22-20-4-2-1-3-19(17)20/h1-8,13,22H,9-12,14-15H2/p+2. The number of hydrogen-bond donors (Lipinski definition) is 3. The number of benzene rings is 2. The molecule has 0 aliphatic carbocycles. The fourth-order valence-electron chi connectivity index (χ4n) is 3.75. The van der Waals surface area contributed by atoms with Crippen molar-refractivity contribution in [3.63, 3.8) is 0 Å². The van der Waals surface area contributed by atoms with Gasteiger partial charge in [-0.25, -0.2) is 0 Å². The highest BCUT2D eigenvalue weighted by atomic mass is 79.9. The molecule has 2 aromatic carbocycles. The lowest BCUT2D eigenvalue weighted by Crippen LogP contribution is -3.27. The predicted molar refractivity (Wildman–Crippen MR) is 101 cm³/mol. The number of nitrogens with one attached hydrogen (secondary N) is 3. The van der Waals surface area contributed by atoms with Crippen LogP contribution in [0.1, 0.15) is 11.1 Å². The first kappa shape index (κ1) is 15.9. The van der Waals surface area contributed by atoms with Crippen molar-refractivity contribution in [2.45, 2.75) is 13.1 Å². The summed E-state index contributed by atoms with van der Waals surface area (Å²) in [5.41, 5.74) is 4.15. The number of quaternary nitrogens is 2. The quantitative estimate of drug-likeness (QED) is 0.605. The van der Waals surface area contributed by atoms with Crippen LogP contribution in [0, 0.1) is 0 Å². The fourth-order valence-corrected chi connectivity index (χ4v) is 4.01. The number of para-hydroxylation sites is 1. The van der Waals surface area contributed by atoms with Crippen LogP contribution in [-0.2, 0) is 13.1 Å². The highest BCUT2D eigenvalue weighted by molar-refractivity contribution is 9.10. The molecule has 1 aliphatic heterocycles. The Morgan fingerprint density at radius 2 is 1.50 bits per heavy atom. The van der Waals surface area contributed by atoms with Crippen LogP contribution in [0.5, 0.6) is 0 Å². The molecule has 3 N–H and O–H groups in total. The van der Waals surface area contributed by atoms with Gasteiger partial charge in [-0.05, 0) is 18.2 Å². The maximum Gasteiger partial charge on any atom is 0.127 e. The second kappa shape index (κ2) is 7.09. The van der Waals surface area contributed by atoms with Gasteiger partial charge in [0.1, 0.15) is 39.3 Å². The fraction of sp³-hybridized carbons (Fsp3) is 0.300. The van der Waals surface area contributed by atoms with Gasteiger partial charge in [0.05, 0.1) is 0 Å². The Labute approximate surface area is 151 Å². The third-order valence-corrected chi connectivity index (χ3v) is 5.68. The first-order chi connectivity index (χ1) is 11.8. The molecule has 0 radical (unpaired) electrons. The van der Waals surface area contributed by atoms with Gasteiger partial charge < -0.3 is 14.8 Å². The molecular weight excluding hydrogens is 362 g/mol. The minimum absolute atomic E-state index is 1.13. The SMILES string of the molecule is Brc1ccc(C[NH+]2CC[NH+](Cc3c[nH]c4ccccc34)CC2)cc1. The number of H-pyrrole nitrogens is 1. The lowest BCUT2D eigenvalue weighted by molar-refractivity contribution is -1.02. The van der Waals surface area contributed by atoms with Gasteiger partial charge in [0, 0.05) is 32.7 Å². The predicted octanol–water partition coefficient (Wildman–Crippen LogP) is 1.41. The number of halogens is 1. The highest BCUT2D eigenvalue weighted by Gasteiger charge is 2.23. The van der Waals surface area contributed by atoms with Gasteiger partial charge >= 0.3 is 0 Å². The van der Waals surface area contributed by atoms with Crippen molar-refractivity contribution >= 4 is 26.8 Å². The van der Waals surface area contributed by atoms with Gasteiger partial charge in [0.15, 0.2) is 0 Å². The Hall–Kier alpha value is -1.62. The van der Waals surface area contributed by atoms with Crippen LogP contribution in [0.15, 0.2) is 59.2 Å². The lowest BCUT2D eigenvalue weighted by atomic mass is 10.1. The average Bonchev–Trinajstić information content (AvgIpc) is 3.02. The maximum absolute atomic E-state index is 3.51. The van der Waals surface area contributed by atoms with Crippen molar-refractivity contribution in [3.8, 4) is 0 Å². The second-order valence-corrected chi connectivity index (χ2v) is 7.76. The molecule has 124 valence electrons. The number of piperazine rings is 1. The Morgan fingerprint density at radius 3 is 2.25 bits per heavy atom. The topological polar surface area (TPSA) is 24.7 Å². The number of aromatic nitrogens is 1. The first-order valence-corrected chi connectivity index (χ1v) is 9.54. The molecule has 24 heavy (non-hydrogen) atoms. The van der Waals surface area contributed by atoms with E-state index in [-0.39, 0.29) is 0 Å². The third kappa shape index (κ3) is 3.56. The zero-order valence-corrected chi connectivity index (χ0v) is 15.4. The smallest absolute Gasteiger partial charge is 0.127 e. The molecule has 2 heterocycles. The summed E-state index contributed by atoms with van der Waals surface area (Å²) in [6.45, 7) is 7.31. The molecule has 4 rings (SSSR count). The molecule has 1 aromatic heterocycles. The summed E-state index contributed by atoms with van der Waals surface area (Å²) >= 11 is 3.51. The van der Waals surface area contributed by atoms with E-state index in [0.29, 0.717) is 0 Å². The number of rotatable bonds is 4. The molecule has 0 atom stereocenters. The van der Waals surface area contributed by atoms with Crippen LogP contribution in [0.2, 0.25) is 0 Å². The van der Waals surface area contributed by atoms with E-state index < -0.39 is 0 Å². The Balaban J connectivity index is 1.33. The summed E-state index contributed by atoms with van der Waals surface area (Å²) in [5.74, 6) is 0. The zero-order chi connectivity index (χ0) is 16.4. The van der Waals surface area contributed by atoms with Crippen molar-refractivity contribution < 1.29 is 9.80 Å². The average molecular weight is 386 g/mol. The largest absolute Gasteiger partial charge is 0.361 e. The van der Waals surface area contributed by atoms with Crippen LogP contribution < -0.4 is 9.80 Å². The summed E-state index contributed by atoms with van der Waals surface area (Å²) in [5, 5.41) is 1.38. The zero-order valence-electron chi connectivity index (χ0n) is 13.8. The summed E-state index contributed by atoms with van der Waals surface area (Å²) in [6, 6.07) is 17.4. The van der Waals surface area contributed by atoms with Crippen LogP contribution in [-0.4, -0.2) is 31.2 Å². The minimum Gasteiger partial charge on any atom is -0.361 e. The highest BCUT2D eigenvalue weighted by Crippen LogP contribution is 2.16. The lowest BCUT2D eigenvalue weighted by Gasteiger charge is -2.29. The number of aromatic amines is 1. The van der Waals surface area contributed by atoms with Gasteiger partial charge in [-0.15, -0.1) is 0 Å². The molecule has 1 saturated heterocycles. The summed E-state index contributed by atoms with van der Waals surface area (Å²) in [6.07, 6.45) is 2.19. The Bertz CT molecular complexity index is 801. The Morgan fingerprint density at radius 1 is 0.833 bits per heavy atom. The van der Waals surface area contributed by atoms with E-state index in [0.717, 1.165) is 17.6 Å². The van der Waals surface area contributed by atoms with Crippen molar-refractivity contribution in [1.29, 1.82) is 0 Å². The van der Waals surface area contributed by atoms with E-state index in [9.17, 15) is 0 Å². The molecule has 0 spiro atoms. The van der Waals surface area contributed by atoms with E-state index >= 15 is 0 Å². The molecule has 4 heteroatoms. The van der Waals surface area contributed by atoms with Gasteiger partial charge in [0.2, 0.25) is 0 Å². The van der Waals surface area contributed by atoms with Crippen molar-refractivity contribution in [3.05, 3.63) is 70.3 Å². The Kier molecular flexibility index (Phi) is 4.69. The maximum atomic E-state index is 3.51.